The van der Waals surface area contributed by atoms with E-state index in [9.17, 15) is 18.3 Å². The highest BCUT2D eigenvalue weighted by molar-refractivity contribution is 7.98. The van der Waals surface area contributed by atoms with Gasteiger partial charge in [-0.1, -0.05) is 13.8 Å². The second-order valence-electron chi connectivity index (χ2n) is 4.99. The first-order chi connectivity index (χ1) is 9.79. The Morgan fingerprint density at radius 3 is 2.24 bits per heavy atom. The van der Waals surface area contributed by atoms with E-state index in [2.05, 4.69) is 10.0 Å². The molecule has 0 aliphatic rings. The van der Waals surface area contributed by atoms with Crippen LogP contribution in [-0.4, -0.2) is 55.4 Å². The Bertz CT molecular complexity index is 400. The molecule has 0 aliphatic heterocycles. The topological polar surface area (TPSA) is 95.5 Å². The van der Waals surface area contributed by atoms with Crippen LogP contribution in [0.1, 0.15) is 40.0 Å². The smallest absolute Gasteiger partial charge is 0.238 e. The lowest BCUT2D eigenvalue weighted by Gasteiger charge is -2.32. The van der Waals surface area contributed by atoms with Crippen molar-refractivity contribution in [1.82, 2.24) is 10.0 Å². The standard InChI is InChI=1S/C13H28N2O4S2/c1-5-13(6-2,10-16)14-12(17)11(8-9-20-4)15-21(18,19)7-3/h11,15-16H,5-10H2,1-4H3,(H,14,17). The van der Waals surface area contributed by atoms with Gasteiger partial charge in [0.05, 0.1) is 17.9 Å². The van der Waals surface area contributed by atoms with Crippen LogP contribution < -0.4 is 10.0 Å². The quantitative estimate of drug-likeness (QED) is 0.515. The molecule has 0 fully saturated rings. The predicted molar refractivity (Wildman–Crippen MR) is 87.9 cm³/mol. The Morgan fingerprint density at radius 2 is 1.86 bits per heavy atom. The van der Waals surface area contributed by atoms with E-state index in [1.807, 2.05) is 20.1 Å². The first-order valence-electron chi connectivity index (χ1n) is 7.21. The van der Waals surface area contributed by atoms with Gasteiger partial charge in [0.25, 0.3) is 0 Å². The summed E-state index contributed by atoms with van der Waals surface area (Å²) in [4.78, 5) is 12.4. The number of hydrogen-bond acceptors (Lipinski definition) is 5. The average Bonchev–Trinajstić information content (AvgIpc) is 2.49. The highest BCUT2D eigenvalue weighted by Crippen LogP contribution is 2.15. The summed E-state index contributed by atoms with van der Waals surface area (Å²) < 4.78 is 25.8. The van der Waals surface area contributed by atoms with Gasteiger partial charge in [0.2, 0.25) is 15.9 Å². The minimum Gasteiger partial charge on any atom is -0.394 e. The van der Waals surface area contributed by atoms with Gasteiger partial charge in [-0.3, -0.25) is 4.79 Å². The van der Waals surface area contributed by atoms with Crippen molar-refractivity contribution in [2.45, 2.75) is 51.6 Å². The summed E-state index contributed by atoms with van der Waals surface area (Å²) in [6.45, 7) is 5.13. The molecule has 0 saturated carbocycles. The van der Waals surface area contributed by atoms with Crippen LogP contribution in [0.5, 0.6) is 0 Å². The van der Waals surface area contributed by atoms with Gasteiger partial charge in [-0.15, -0.1) is 0 Å². The molecule has 1 unspecified atom stereocenters. The second-order valence-corrected chi connectivity index (χ2v) is 8.02. The fourth-order valence-corrected chi connectivity index (χ4v) is 3.11. The Hall–Kier alpha value is -0.310. The van der Waals surface area contributed by atoms with E-state index in [4.69, 9.17) is 0 Å². The summed E-state index contributed by atoms with van der Waals surface area (Å²) in [6, 6.07) is -0.800. The third-order valence-electron chi connectivity index (χ3n) is 3.67. The van der Waals surface area contributed by atoms with Gasteiger partial charge in [0.15, 0.2) is 0 Å². The minimum absolute atomic E-state index is 0.0667. The molecule has 0 spiro atoms. The van der Waals surface area contributed by atoms with Crippen LogP contribution in [0.15, 0.2) is 0 Å². The summed E-state index contributed by atoms with van der Waals surface area (Å²) in [7, 11) is -3.45. The predicted octanol–water partition coefficient (Wildman–Crippen LogP) is 0.715. The van der Waals surface area contributed by atoms with Gasteiger partial charge >= 0.3 is 0 Å². The van der Waals surface area contributed by atoms with Gasteiger partial charge in [-0.05, 0) is 38.2 Å². The number of nitrogens with one attached hydrogen (secondary N) is 2. The van der Waals surface area contributed by atoms with Crippen LogP contribution >= 0.6 is 11.8 Å². The van der Waals surface area contributed by atoms with E-state index in [1.165, 1.54) is 6.92 Å². The summed E-state index contributed by atoms with van der Waals surface area (Å²) in [5, 5.41) is 12.3. The van der Waals surface area contributed by atoms with Crippen LogP contribution in [0, 0.1) is 0 Å². The summed E-state index contributed by atoms with van der Waals surface area (Å²) in [5.41, 5.74) is -0.688. The maximum Gasteiger partial charge on any atom is 0.238 e. The van der Waals surface area contributed by atoms with Crippen molar-refractivity contribution in [2.75, 3.05) is 24.4 Å². The second kappa shape index (κ2) is 9.66. The Balaban J connectivity index is 5.02. The van der Waals surface area contributed by atoms with Crippen molar-refractivity contribution in [3.63, 3.8) is 0 Å². The number of aliphatic hydroxyl groups excluding tert-OH is 1. The molecule has 6 nitrogen and oxygen atoms in total. The molecule has 1 amide bonds. The van der Waals surface area contributed by atoms with Crippen LogP contribution in [0.2, 0.25) is 0 Å². The molecule has 3 N–H and O–H groups in total. The fraction of sp³-hybridized carbons (Fsp3) is 0.923. The molecule has 1 atom stereocenters. The van der Waals surface area contributed by atoms with E-state index in [0.29, 0.717) is 25.0 Å². The molecule has 0 bridgehead atoms. The minimum atomic E-state index is -3.45. The molecular formula is C13H28N2O4S2. The van der Waals surface area contributed by atoms with Gasteiger partial charge in [0, 0.05) is 0 Å². The monoisotopic (exact) mass is 340 g/mol. The summed E-state index contributed by atoms with van der Waals surface area (Å²) >= 11 is 1.55. The molecule has 126 valence electrons. The van der Waals surface area contributed by atoms with Crippen LogP contribution in [0.3, 0.4) is 0 Å². The van der Waals surface area contributed by atoms with Crippen LogP contribution in [0.4, 0.5) is 0 Å². The molecule has 0 radical (unpaired) electrons. The maximum absolute atomic E-state index is 12.4. The van der Waals surface area contributed by atoms with Crippen LogP contribution in [0.25, 0.3) is 0 Å². The molecule has 0 aromatic heterocycles. The first-order valence-corrected chi connectivity index (χ1v) is 10.3. The van der Waals surface area contributed by atoms with E-state index >= 15 is 0 Å². The number of thioether (sulfide) groups is 1. The van der Waals surface area contributed by atoms with Crippen molar-refractivity contribution in [1.29, 1.82) is 0 Å². The normalized spacial score (nSPS) is 14.0. The molecule has 0 heterocycles. The van der Waals surface area contributed by atoms with Gasteiger partial charge in [0.1, 0.15) is 6.04 Å². The highest BCUT2D eigenvalue weighted by atomic mass is 32.2. The molecule has 21 heavy (non-hydrogen) atoms. The zero-order chi connectivity index (χ0) is 16.5. The number of carbonyl (C=O) groups excluding carboxylic acids is 1. The number of carbonyl (C=O) groups is 1. The highest BCUT2D eigenvalue weighted by Gasteiger charge is 2.31. The Labute approximate surface area is 132 Å². The molecule has 0 saturated heterocycles. The summed E-state index contributed by atoms with van der Waals surface area (Å²) in [5.74, 6) is 0.232. The molecule has 0 rings (SSSR count). The lowest BCUT2D eigenvalue weighted by atomic mass is 9.93. The molecule has 0 aliphatic carbocycles. The SMILES string of the molecule is CCC(CC)(CO)NC(=O)C(CCSC)NS(=O)(=O)CC. The van der Waals surface area contributed by atoms with Crippen molar-refractivity contribution >= 4 is 27.7 Å². The lowest BCUT2D eigenvalue weighted by Crippen LogP contribution is -2.57. The van der Waals surface area contributed by atoms with E-state index in [0.717, 1.165) is 0 Å². The zero-order valence-electron chi connectivity index (χ0n) is 13.3. The van der Waals surface area contributed by atoms with E-state index < -0.39 is 21.6 Å². The lowest BCUT2D eigenvalue weighted by molar-refractivity contribution is -0.125. The Morgan fingerprint density at radius 1 is 1.29 bits per heavy atom. The maximum atomic E-state index is 12.4. The number of sulfonamides is 1. The van der Waals surface area contributed by atoms with Crippen molar-refractivity contribution in [2.24, 2.45) is 0 Å². The molecule has 0 aromatic carbocycles. The number of hydrogen-bond donors (Lipinski definition) is 3. The Kier molecular flexibility index (Phi) is 9.51. The first kappa shape index (κ1) is 20.7. The van der Waals surface area contributed by atoms with Crippen molar-refractivity contribution in [3.05, 3.63) is 0 Å². The number of aliphatic hydroxyl groups is 1. The van der Waals surface area contributed by atoms with E-state index in [-0.39, 0.29) is 18.3 Å². The third-order valence-corrected chi connectivity index (χ3v) is 5.72. The third kappa shape index (κ3) is 6.99. The molecular weight excluding hydrogens is 312 g/mol. The fourth-order valence-electron chi connectivity index (χ4n) is 1.82. The largest absolute Gasteiger partial charge is 0.394 e. The van der Waals surface area contributed by atoms with Gasteiger partial charge in [-0.2, -0.15) is 11.8 Å². The molecule has 8 heteroatoms. The number of amides is 1. The number of rotatable bonds is 11. The van der Waals surface area contributed by atoms with Crippen molar-refractivity contribution in [3.8, 4) is 0 Å². The summed E-state index contributed by atoms with van der Waals surface area (Å²) in [6.07, 6.45) is 3.49. The van der Waals surface area contributed by atoms with Crippen LogP contribution in [-0.2, 0) is 14.8 Å². The van der Waals surface area contributed by atoms with Gasteiger partial charge in [-0.25, -0.2) is 13.1 Å². The average molecular weight is 341 g/mol. The van der Waals surface area contributed by atoms with Crippen molar-refractivity contribution < 1.29 is 18.3 Å². The van der Waals surface area contributed by atoms with Gasteiger partial charge < -0.3 is 10.4 Å². The molecule has 0 aromatic rings. The van der Waals surface area contributed by atoms with E-state index in [1.54, 1.807) is 11.8 Å². The zero-order valence-corrected chi connectivity index (χ0v) is 14.9.